The first-order valence-corrected chi connectivity index (χ1v) is 6.58. The van der Waals surface area contributed by atoms with Crippen LogP contribution < -0.4 is 5.32 Å². The number of nitrogens with one attached hydrogen (secondary N) is 1. The second kappa shape index (κ2) is 7.25. The van der Waals surface area contributed by atoms with Crippen LogP contribution in [0.4, 0.5) is 0 Å². The zero-order valence-corrected chi connectivity index (χ0v) is 10.8. The Kier molecular flexibility index (Phi) is 6.32. The summed E-state index contributed by atoms with van der Waals surface area (Å²) in [7, 11) is 1.90. The first-order valence-electron chi connectivity index (χ1n) is 6.58. The van der Waals surface area contributed by atoms with Gasteiger partial charge in [0.25, 0.3) is 0 Å². The maximum atomic E-state index is 9.21. The number of ether oxygens (including phenoxy) is 1. The summed E-state index contributed by atoms with van der Waals surface area (Å²) in [6.45, 7) is 4.00. The van der Waals surface area contributed by atoms with Crippen LogP contribution in [0.3, 0.4) is 0 Å². The number of hydrogen-bond acceptors (Lipinski definition) is 3. The average molecular weight is 229 g/mol. The molecule has 1 aliphatic carbocycles. The third-order valence-corrected chi connectivity index (χ3v) is 3.80. The minimum atomic E-state index is -0.142. The molecule has 16 heavy (non-hydrogen) atoms. The van der Waals surface area contributed by atoms with Gasteiger partial charge in [-0.3, -0.25) is 0 Å². The van der Waals surface area contributed by atoms with Gasteiger partial charge in [0, 0.05) is 18.8 Å². The van der Waals surface area contributed by atoms with Crippen LogP contribution >= 0.6 is 0 Å². The van der Waals surface area contributed by atoms with E-state index < -0.39 is 0 Å². The molecule has 1 fully saturated rings. The highest BCUT2D eigenvalue weighted by atomic mass is 16.5. The fourth-order valence-corrected chi connectivity index (χ4v) is 2.27. The van der Waals surface area contributed by atoms with E-state index in [0.717, 1.165) is 32.0 Å². The van der Waals surface area contributed by atoms with E-state index in [1.165, 1.54) is 25.7 Å². The van der Waals surface area contributed by atoms with Gasteiger partial charge in [-0.05, 0) is 45.6 Å². The van der Waals surface area contributed by atoms with Crippen molar-refractivity contribution in [3.8, 4) is 0 Å². The van der Waals surface area contributed by atoms with Crippen molar-refractivity contribution in [3.05, 3.63) is 0 Å². The Hall–Kier alpha value is -0.120. The number of hydrogen-bond donors (Lipinski definition) is 2. The Morgan fingerprint density at radius 3 is 2.62 bits per heavy atom. The van der Waals surface area contributed by atoms with Gasteiger partial charge in [-0.15, -0.1) is 0 Å². The van der Waals surface area contributed by atoms with E-state index in [-0.39, 0.29) is 12.1 Å². The number of rotatable bonds is 8. The Labute approximate surface area is 99.6 Å². The molecule has 1 rings (SSSR count). The van der Waals surface area contributed by atoms with Crippen molar-refractivity contribution in [1.29, 1.82) is 0 Å². The second-order valence-electron chi connectivity index (χ2n) is 5.30. The van der Waals surface area contributed by atoms with Crippen LogP contribution in [-0.4, -0.2) is 37.5 Å². The Balaban J connectivity index is 1.98. The predicted octanol–water partition coefficient (Wildman–Crippen LogP) is 1.94. The van der Waals surface area contributed by atoms with Crippen molar-refractivity contribution in [1.82, 2.24) is 5.32 Å². The molecule has 0 amide bonds. The molecule has 0 bridgehead atoms. The summed E-state index contributed by atoms with van der Waals surface area (Å²) in [6.07, 6.45) is 7.46. The summed E-state index contributed by atoms with van der Waals surface area (Å²) in [5, 5.41) is 12.4. The predicted molar refractivity (Wildman–Crippen MR) is 66.6 cm³/mol. The molecule has 3 heteroatoms. The molecule has 2 N–H and O–H groups in total. The molecule has 96 valence electrons. The van der Waals surface area contributed by atoms with Gasteiger partial charge in [0.2, 0.25) is 0 Å². The van der Waals surface area contributed by atoms with E-state index in [1.54, 1.807) is 0 Å². The zero-order chi connectivity index (χ0) is 11.9. The van der Waals surface area contributed by atoms with E-state index >= 15 is 0 Å². The molecule has 1 saturated carbocycles. The van der Waals surface area contributed by atoms with Crippen molar-refractivity contribution >= 4 is 0 Å². The minimum absolute atomic E-state index is 0.142. The first-order chi connectivity index (χ1) is 7.70. The Bertz CT molecular complexity index is 175. The molecule has 0 radical (unpaired) electrons. The van der Waals surface area contributed by atoms with Crippen LogP contribution in [0.25, 0.3) is 0 Å². The molecular formula is C13H27NO2. The molecule has 0 saturated heterocycles. The molecule has 1 unspecified atom stereocenters. The van der Waals surface area contributed by atoms with Crippen LogP contribution in [0.2, 0.25) is 0 Å². The van der Waals surface area contributed by atoms with Gasteiger partial charge >= 0.3 is 0 Å². The third-order valence-electron chi connectivity index (χ3n) is 3.80. The third kappa shape index (κ3) is 4.81. The fourth-order valence-electron chi connectivity index (χ4n) is 2.27. The summed E-state index contributed by atoms with van der Waals surface area (Å²) in [5.74, 6) is 0.813. The maximum absolute atomic E-state index is 9.21. The lowest BCUT2D eigenvalue weighted by atomic mass is 9.97. The van der Waals surface area contributed by atoms with E-state index in [0.29, 0.717) is 0 Å². The van der Waals surface area contributed by atoms with Gasteiger partial charge in [-0.2, -0.15) is 0 Å². The van der Waals surface area contributed by atoms with Crippen molar-refractivity contribution in [2.75, 3.05) is 26.9 Å². The van der Waals surface area contributed by atoms with E-state index in [9.17, 15) is 5.11 Å². The summed E-state index contributed by atoms with van der Waals surface area (Å²) in [6, 6.07) is 0. The molecule has 1 aliphatic rings. The lowest BCUT2D eigenvalue weighted by molar-refractivity contribution is 0.0875. The number of likely N-dealkylation sites (N-methyl/N-ethyl adjacent to an activating group) is 1. The summed E-state index contributed by atoms with van der Waals surface area (Å²) < 4.78 is 5.69. The van der Waals surface area contributed by atoms with Crippen molar-refractivity contribution in [2.24, 2.45) is 5.92 Å². The van der Waals surface area contributed by atoms with Gasteiger partial charge in [0.15, 0.2) is 0 Å². The monoisotopic (exact) mass is 229 g/mol. The minimum Gasteiger partial charge on any atom is -0.394 e. The van der Waals surface area contributed by atoms with Gasteiger partial charge in [0.05, 0.1) is 6.61 Å². The second-order valence-corrected chi connectivity index (χ2v) is 5.30. The topological polar surface area (TPSA) is 41.5 Å². The smallest absolute Gasteiger partial charge is 0.0610 e. The zero-order valence-electron chi connectivity index (χ0n) is 10.8. The normalized spacial score (nSPS) is 21.2. The van der Waals surface area contributed by atoms with Crippen molar-refractivity contribution in [3.63, 3.8) is 0 Å². The van der Waals surface area contributed by atoms with Crippen molar-refractivity contribution < 1.29 is 9.84 Å². The molecule has 0 aromatic rings. The lowest BCUT2D eigenvalue weighted by Gasteiger charge is -2.26. The molecule has 0 spiro atoms. The first kappa shape index (κ1) is 13.9. The fraction of sp³-hybridized carbons (Fsp3) is 1.00. The Morgan fingerprint density at radius 1 is 1.38 bits per heavy atom. The molecule has 0 aliphatic heterocycles. The highest BCUT2D eigenvalue weighted by Crippen LogP contribution is 2.24. The molecule has 0 aromatic heterocycles. The van der Waals surface area contributed by atoms with E-state index in [2.05, 4.69) is 5.32 Å². The van der Waals surface area contributed by atoms with E-state index in [1.807, 2.05) is 14.0 Å². The van der Waals surface area contributed by atoms with Gasteiger partial charge < -0.3 is 15.2 Å². The Morgan fingerprint density at radius 2 is 2.06 bits per heavy atom. The van der Waals surface area contributed by atoms with Crippen LogP contribution in [0.5, 0.6) is 0 Å². The average Bonchev–Trinajstić information content (AvgIpc) is 2.81. The van der Waals surface area contributed by atoms with E-state index in [4.69, 9.17) is 4.74 Å². The number of aliphatic hydroxyl groups excluding tert-OH is 1. The quantitative estimate of drug-likeness (QED) is 0.625. The van der Waals surface area contributed by atoms with Gasteiger partial charge in [-0.25, -0.2) is 0 Å². The van der Waals surface area contributed by atoms with Crippen LogP contribution in [0, 0.1) is 5.92 Å². The summed E-state index contributed by atoms with van der Waals surface area (Å²) >= 11 is 0. The summed E-state index contributed by atoms with van der Waals surface area (Å²) in [4.78, 5) is 0. The highest BCUT2D eigenvalue weighted by Gasteiger charge is 2.20. The maximum Gasteiger partial charge on any atom is 0.0610 e. The van der Waals surface area contributed by atoms with Crippen LogP contribution in [0.15, 0.2) is 0 Å². The number of aliphatic hydroxyl groups is 1. The highest BCUT2D eigenvalue weighted by molar-refractivity contribution is 4.79. The molecule has 1 atom stereocenters. The van der Waals surface area contributed by atoms with Crippen LogP contribution in [-0.2, 0) is 4.74 Å². The standard InChI is InChI=1S/C13H27NO2/c1-13(11-15,14-2)8-5-9-16-10-12-6-3-4-7-12/h12,14-15H,3-11H2,1-2H3. The molecule has 0 heterocycles. The molecular weight excluding hydrogens is 202 g/mol. The largest absolute Gasteiger partial charge is 0.394 e. The van der Waals surface area contributed by atoms with Crippen molar-refractivity contribution in [2.45, 2.75) is 51.0 Å². The van der Waals surface area contributed by atoms with Gasteiger partial charge in [0.1, 0.15) is 0 Å². The van der Waals surface area contributed by atoms with Crippen LogP contribution in [0.1, 0.15) is 45.4 Å². The van der Waals surface area contributed by atoms with Gasteiger partial charge in [-0.1, -0.05) is 12.8 Å². The molecule has 0 aromatic carbocycles. The summed E-state index contributed by atoms with van der Waals surface area (Å²) in [5.41, 5.74) is -0.142. The SMILES string of the molecule is CNC(C)(CO)CCCOCC1CCCC1. The molecule has 3 nitrogen and oxygen atoms in total. The lowest BCUT2D eigenvalue weighted by Crippen LogP contribution is -2.43.